The summed E-state index contributed by atoms with van der Waals surface area (Å²) in [5.74, 6) is 0.00911. The third-order valence-electron chi connectivity index (χ3n) is 4.20. The van der Waals surface area contributed by atoms with E-state index >= 15 is 0 Å². The minimum atomic E-state index is -0.581. The van der Waals surface area contributed by atoms with Gasteiger partial charge in [-0.25, -0.2) is 4.98 Å². The molecule has 2 heterocycles. The molecule has 1 aliphatic rings. The summed E-state index contributed by atoms with van der Waals surface area (Å²) in [6.45, 7) is 5.20. The highest BCUT2D eigenvalue weighted by Crippen LogP contribution is 2.20. The molecule has 122 valence electrons. The maximum absolute atomic E-state index is 12.7. The Morgan fingerprint density at radius 3 is 2.70 bits per heavy atom. The molecule has 5 nitrogen and oxygen atoms in total. The van der Waals surface area contributed by atoms with Crippen LogP contribution in [0.5, 0.6) is 0 Å². The fourth-order valence-corrected chi connectivity index (χ4v) is 3.51. The molecule has 2 aromatic rings. The molecule has 1 fully saturated rings. The predicted molar refractivity (Wildman–Crippen MR) is 93.6 cm³/mol. The summed E-state index contributed by atoms with van der Waals surface area (Å²) in [4.78, 5) is 21.2. The van der Waals surface area contributed by atoms with Crippen molar-refractivity contribution in [1.29, 1.82) is 0 Å². The van der Waals surface area contributed by atoms with Gasteiger partial charge in [-0.15, -0.1) is 11.3 Å². The average Bonchev–Trinajstić information content (AvgIpc) is 2.99. The standard InChI is InChI=1S/C17H22N4OS/c1-13-3-5-14(6-4-13)15(18)16(22)20-8-2-9-21(11-10-20)17-19-7-12-23-17/h3-7,12,15H,2,8-11,18H2,1H3. The van der Waals surface area contributed by atoms with E-state index < -0.39 is 6.04 Å². The molecule has 6 heteroatoms. The van der Waals surface area contributed by atoms with E-state index in [1.165, 1.54) is 5.56 Å². The minimum Gasteiger partial charge on any atom is -0.346 e. The number of carbonyl (C=O) groups is 1. The molecule has 3 rings (SSSR count). The van der Waals surface area contributed by atoms with Gasteiger partial charge in [0.05, 0.1) is 0 Å². The van der Waals surface area contributed by atoms with E-state index in [2.05, 4.69) is 9.88 Å². The number of hydrogen-bond donors (Lipinski definition) is 1. The highest BCUT2D eigenvalue weighted by Gasteiger charge is 2.25. The predicted octanol–water partition coefficient (Wildman–Crippen LogP) is 2.19. The van der Waals surface area contributed by atoms with E-state index in [9.17, 15) is 4.79 Å². The first kappa shape index (κ1) is 16.0. The second-order valence-electron chi connectivity index (χ2n) is 5.87. The second kappa shape index (κ2) is 7.10. The van der Waals surface area contributed by atoms with Crippen LogP contribution < -0.4 is 10.6 Å². The van der Waals surface area contributed by atoms with Crippen LogP contribution in [0.2, 0.25) is 0 Å². The van der Waals surface area contributed by atoms with Crippen LogP contribution in [-0.2, 0) is 4.79 Å². The third kappa shape index (κ3) is 3.71. The van der Waals surface area contributed by atoms with Crippen LogP contribution in [0.4, 0.5) is 5.13 Å². The number of aryl methyl sites for hydroxylation is 1. The van der Waals surface area contributed by atoms with Gasteiger partial charge in [-0.05, 0) is 18.9 Å². The van der Waals surface area contributed by atoms with E-state index in [0.29, 0.717) is 6.54 Å². The zero-order valence-electron chi connectivity index (χ0n) is 13.3. The van der Waals surface area contributed by atoms with E-state index in [1.54, 1.807) is 11.3 Å². The summed E-state index contributed by atoms with van der Waals surface area (Å²) >= 11 is 1.64. The third-order valence-corrected chi connectivity index (χ3v) is 5.03. The minimum absolute atomic E-state index is 0.00911. The lowest BCUT2D eigenvalue weighted by Crippen LogP contribution is -2.40. The number of nitrogens with zero attached hydrogens (tertiary/aromatic N) is 3. The summed E-state index contributed by atoms with van der Waals surface area (Å²) in [7, 11) is 0. The van der Waals surface area contributed by atoms with Gasteiger partial charge >= 0.3 is 0 Å². The highest BCUT2D eigenvalue weighted by atomic mass is 32.1. The van der Waals surface area contributed by atoms with Crippen molar-refractivity contribution in [2.24, 2.45) is 5.73 Å². The fourth-order valence-electron chi connectivity index (χ4n) is 2.81. The van der Waals surface area contributed by atoms with Gasteiger partial charge in [0.2, 0.25) is 5.91 Å². The van der Waals surface area contributed by atoms with Gasteiger partial charge in [-0.2, -0.15) is 0 Å². The molecule has 1 amide bonds. The molecule has 0 saturated carbocycles. The molecule has 1 atom stereocenters. The molecule has 1 saturated heterocycles. The maximum Gasteiger partial charge on any atom is 0.244 e. The molecule has 0 radical (unpaired) electrons. The van der Waals surface area contributed by atoms with Crippen LogP contribution in [-0.4, -0.2) is 42.0 Å². The van der Waals surface area contributed by atoms with Gasteiger partial charge in [0, 0.05) is 37.8 Å². The lowest BCUT2D eigenvalue weighted by molar-refractivity contribution is -0.132. The van der Waals surface area contributed by atoms with Crippen molar-refractivity contribution < 1.29 is 4.79 Å². The smallest absolute Gasteiger partial charge is 0.244 e. The molecule has 0 aliphatic carbocycles. The van der Waals surface area contributed by atoms with Gasteiger partial charge in [0.1, 0.15) is 6.04 Å². The average molecular weight is 330 g/mol. The highest BCUT2D eigenvalue weighted by molar-refractivity contribution is 7.13. The molecule has 0 spiro atoms. The molecule has 23 heavy (non-hydrogen) atoms. The number of aromatic nitrogens is 1. The summed E-state index contributed by atoms with van der Waals surface area (Å²) in [5.41, 5.74) is 8.23. The molecule has 1 unspecified atom stereocenters. The molecule has 1 aromatic carbocycles. The topological polar surface area (TPSA) is 62.5 Å². The second-order valence-corrected chi connectivity index (χ2v) is 6.74. The van der Waals surface area contributed by atoms with E-state index in [4.69, 9.17) is 5.73 Å². The van der Waals surface area contributed by atoms with Crippen molar-refractivity contribution in [1.82, 2.24) is 9.88 Å². The Labute approximate surface area is 140 Å². The number of thiazole rings is 1. The van der Waals surface area contributed by atoms with Gasteiger partial charge in [0.15, 0.2) is 5.13 Å². The lowest BCUT2D eigenvalue weighted by atomic mass is 10.0. The van der Waals surface area contributed by atoms with E-state index in [1.807, 2.05) is 47.7 Å². The molecule has 1 aliphatic heterocycles. The Bertz CT molecular complexity index is 641. The number of rotatable bonds is 3. The summed E-state index contributed by atoms with van der Waals surface area (Å²) < 4.78 is 0. The SMILES string of the molecule is Cc1ccc(C(N)C(=O)N2CCCN(c3nccs3)CC2)cc1. The van der Waals surface area contributed by atoms with Crippen LogP contribution in [0.25, 0.3) is 0 Å². The van der Waals surface area contributed by atoms with Crippen molar-refractivity contribution in [3.05, 3.63) is 47.0 Å². The summed E-state index contributed by atoms with van der Waals surface area (Å²) in [5, 5.41) is 3.01. The monoisotopic (exact) mass is 330 g/mol. The van der Waals surface area contributed by atoms with Crippen LogP contribution in [0, 0.1) is 6.92 Å². The van der Waals surface area contributed by atoms with Crippen LogP contribution in [0.15, 0.2) is 35.8 Å². The number of anilines is 1. The summed E-state index contributed by atoms with van der Waals surface area (Å²) in [6, 6.07) is 7.29. The summed E-state index contributed by atoms with van der Waals surface area (Å²) in [6.07, 6.45) is 2.76. The largest absolute Gasteiger partial charge is 0.346 e. The quantitative estimate of drug-likeness (QED) is 0.937. The van der Waals surface area contributed by atoms with Crippen molar-refractivity contribution in [3.63, 3.8) is 0 Å². The number of amides is 1. The fraction of sp³-hybridized carbons (Fsp3) is 0.412. The van der Waals surface area contributed by atoms with Gasteiger partial charge in [-0.3, -0.25) is 4.79 Å². The Morgan fingerprint density at radius 1 is 1.22 bits per heavy atom. The van der Waals surface area contributed by atoms with Crippen molar-refractivity contribution in [2.75, 3.05) is 31.1 Å². The number of benzene rings is 1. The number of nitrogens with two attached hydrogens (primary N) is 1. The number of hydrogen-bond acceptors (Lipinski definition) is 5. The van der Waals surface area contributed by atoms with Crippen LogP contribution >= 0.6 is 11.3 Å². The Kier molecular flexibility index (Phi) is 4.93. The maximum atomic E-state index is 12.7. The van der Waals surface area contributed by atoms with Crippen molar-refractivity contribution >= 4 is 22.4 Å². The van der Waals surface area contributed by atoms with Crippen LogP contribution in [0.3, 0.4) is 0 Å². The normalized spacial score (nSPS) is 17.0. The Morgan fingerprint density at radius 2 is 2.00 bits per heavy atom. The lowest BCUT2D eigenvalue weighted by Gasteiger charge is -2.24. The first-order valence-corrected chi connectivity index (χ1v) is 8.78. The zero-order chi connectivity index (χ0) is 16.2. The molecular weight excluding hydrogens is 308 g/mol. The molecular formula is C17H22N4OS. The van der Waals surface area contributed by atoms with Crippen molar-refractivity contribution in [2.45, 2.75) is 19.4 Å². The van der Waals surface area contributed by atoms with Gasteiger partial charge < -0.3 is 15.5 Å². The Hall–Kier alpha value is -1.92. The molecule has 2 N–H and O–H groups in total. The van der Waals surface area contributed by atoms with E-state index in [-0.39, 0.29) is 5.91 Å². The van der Waals surface area contributed by atoms with Crippen molar-refractivity contribution in [3.8, 4) is 0 Å². The zero-order valence-corrected chi connectivity index (χ0v) is 14.1. The number of carbonyl (C=O) groups excluding carboxylic acids is 1. The Balaban J connectivity index is 1.64. The van der Waals surface area contributed by atoms with Gasteiger partial charge in [-0.1, -0.05) is 29.8 Å². The van der Waals surface area contributed by atoms with Crippen LogP contribution in [0.1, 0.15) is 23.6 Å². The van der Waals surface area contributed by atoms with E-state index in [0.717, 1.165) is 36.8 Å². The first-order valence-electron chi connectivity index (χ1n) is 7.90. The first-order chi connectivity index (χ1) is 11.1. The van der Waals surface area contributed by atoms with Gasteiger partial charge in [0.25, 0.3) is 0 Å². The molecule has 1 aromatic heterocycles. The molecule has 0 bridgehead atoms.